The van der Waals surface area contributed by atoms with Gasteiger partial charge in [-0.2, -0.15) is 9.78 Å². The second-order valence-electron chi connectivity index (χ2n) is 6.02. The summed E-state index contributed by atoms with van der Waals surface area (Å²) in [6.45, 7) is 1.95. The van der Waals surface area contributed by atoms with Crippen molar-refractivity contribution < 1.29 is 9.47 Å². The number of ether oxygens (including phenoxy) is 2. The molecule has 0 N–H and O–H groups in total. The molecule has 9 heteroatoms. The van der Waals surface area contributed by atoms with Crippen LogP contribution in [0.5, 0.6) is 11.5 Å². The molecule has 1 aromatic heterocycles. The highest BCUT2D eigenvalue weighted by Crippen LogP contribution is 2.42. The number of rotatable bonds is 6. The zero-order valence-corrected chi connectivity index (χ0v) is 20.0. The molecule has 0 aliphatic heterocycles. The van der Waals surface area contributed by atoms with Crippen LogP contribution in [0.2, 0.25) is 5.02 Å². The third-order valence-corrected chi connectivity index (χ3v) is 6.12. The lowest BCUT2D eigenvalue weighted by Crippen LogP contribution is -2.22. The van der Waals surface area contributed by atoms with Gasteiger partial charge in [-0.1, -0.05) is 40.4 Å². The van der Waals surface area contributed by atoms with Gasteiger partial charge in [0.1, 0.15) is 17.5 Å². The van der Waals surface area contributed by atoms with E-state index in [-0.39, 0.29) is 17.2 Å². The van der Waals surface area contributed by atoms with Crippen LogP contribution in [0.25, 0.3) is 10.9 Å². The molecule has 0 spiro atoms. The summed E-state index contributed by atoms with van der Waals surface area (Å²) in [6.07, 6.45) is 7.30. The summed E-state index contributed by atoms with van der Waals surface area (Å²) >= 11 is 13.2. The second-order valence-corrected chi connectivity index (χ2v) is 8.11. The Kier molecular flexibility index (Phi) is 7.19. The Labute approximate surface area is 195 Å². The van der Waals surface area contributed by atoms with Crippen molar-refractivity contribution in [3.05, 3.63) is 60.0 Å². The van der Waals surface area contributed by atoms with Gasteiger partial charge in [0.15, 0.2) is 11.5 Å². The smallest absolute Gasteiger partial charge is 0.282 e. The molecule has 0 radical (unpaired) electrons. The summed E-state index contributed by atoms with van der Waals surface area (Å²) < 4.78 is 13.4. The van der Waals surface area contributed by atoms with E-state index in [9.17, 15) is 4.79 Å². The Balaban J connectivity index is 2.13. The molecule has 2 aromatic carbocycles. The van der Waals surface area contributed by atoms with Crippen molar-refractivity contribution in [1.29, 1.82) is 0 Å². The lowest BCUT2D eigenvalue weighted by atomic mass is 10.2. The van der Waals surface area contributed by atoms with E-state index in [0.29, 0.717) is 44.7 Å². The first-order valence-corrected chi connectivity index (χ1v) is 10.7. The van der Waals surface area contributed by atoms with Gasteiger partial charge in [0.05, 0.1) is 24.2 Å². The van der Waals surface area contributed by atoms with E-state index in [4.69, 9.17) is 27.5 Å². The van der Waals surface area contributed by atoms with E-state index in [1.807, 2.05) is 13.0 Å². The fraction of sp³-hybridized carbons (Fsp3) is 0.190. The first-order valence-electron chi connectivity index (χ1n) is 8.79. The van der Waals surface area contributed by atoms with E-state index < -0.39 is 0 Å². The molecular weight excluding hydrogens is 538 g/mol. The molecule has 0 aliphatic carbocycles. The summed E-state index contributed by atoms with van der Waals surface area (Å²) in [5.74, 6) is 3.64. The van der Waals surface area contributed by atoms with Gasteiger partial charge in [-0.3, -0.25) is 4.79 Å². The Morgan fingerprint density at radius 2 is 2.13 bits per heavy atom. The minimum absolute atomic E-state index is 0.0452. The largest absolute Gasteiger partial charge is 0.493 e. The Bertz CT molecular complexity index is 1250. The van der Waals surface area contributed by atoms with E-state index in [1.165, 1.54) is 18.0 Å². The summed E-state index contributed by atoms with van der Waals surface area (Å²) in [5.41, 5.74) is 0.943. The van der Waals surface area contributed by atoms with Crippen molar-refractivity contribution in [1.82, 2.24) is 9.66 Å². The van der Waals surface area contributed by atoms with E-state index in [0.717, 1.165) is 4.47 Å². The van der Waals surface area contributed by atoms with Gasteiger partial charge in [-0.05, 0) is 40.2 Å². The number of hydrogen-bond acceptors (Lipinski definition) is 5. The van der Waals surface area contributed by atoms with Gasteiger partial charge in [0.2, 0.25) is 0 Å². The average molecular weight is 554 g/mol. The molecule has 3 aromatic rings. The third kappa shape index (κ3) is 4.38. The maximum Gasteiger partial charge on any atom is 0.282 e. The van der Waals surface area contributed by atoms with Crippen LogP contribution in [-0.2, 0) is 6.42 Å². The number of halogens is 3. The number of aromatic nitrogens is 2. The number of hydrogen-bond donors (Lipinski definition) is 0. The molecule has 0 saturated heterocycles. The van der Waals surface area contributed by atoms with Gasteiger partial charge in [0.25, 0.3) is 5.56 Å². The zero-order valence-electron chi connectivity index (χ0n) is 16.1. The van der Waals surface area contributed by atoms with Gasteiger partial charge < -0.3 is 9.47 Å². The van der Waals surface area contributed by atoms with Crippen LogP contribution >= 0.6 is 43.5 Å². The van der Waals surface area contributed by atoms with Crippen LogP contribution in [0.4, 0.5) is 0 Å². The molecule has 0 amide bonds. The maximum absolute atomic E-state index is 13.0. The van der Waals surface area contributed by atoms with Gasteiger partial charge in [-0.25, -0.2) is 4.98 Å². The van der Waals surface area contributed by atoms with Crippen molar-refractivity contribution in [2.24, 2.45) is 5.10 Å². The van der Waals surface area contributed by atoms with Gasteiger partial charge >= 0.3 is 0 Å². The first kappa shape index (κ1) is 22.3. The molecule has 0 fully saturated rings. The van der Waals surface area contributed by atoms with Crippen LogP contribution in [0, 0.1) is 12.3 Å². The number of terminal acetylenes is 1. The minimum Gasteiger partial charge on any atom is -0.493 e. The van der Waals surface area contributed by atoms with Crippen LogP contribution in [0.3, 0.4) is 0 Å². The van der Waals surface area contributed by atoms with Crippen molar-refractivity contribution in [2.45, 2.75) is 13.3 Å². The minimum atomic E-state index is -0.266. The maximum atomic E-state index is 13.0. The van der Waals surface area contributed by atoms with Crippen LogP contribution < -0.4 is 15.0 Å². The third-order valence-electron chi connectivity index (χ3n) is 4.18. The highest BCUT2D eigenvalue weighted by atomic mass is 79.9. The molecule has 0 aliphatic rings. The quantitative estimate of drug-likeness (QED) is 0.317. The number of fused-ring (bicyclic) bond motifs is 1. The predicted octanol–water partition coefficient (Wildman–Crippen LogP) is 5.04. The van der Waals surface area contributed by atoms with E-state index in [2.05, 4.69) is 47.9 Å². The molecule has 0 unspecified atom stereocenters. The number of aryl methyl sites for hydroxylation is 1. The van der Waals surface area contributed by atoms with Gasteiger partial charge in [-0.15, -0.1) is 6.42 Å². The Morgan fingerprint density at radius 1 is 1.37 bits per heavy atom. The molecule has 3 rings (SSSR count). The van der Waals surface area contributed by atoms with Gasteiger partial charge in [0, 0.05) is 20.9 Å². The monoisotopic (exact) mass is 551 g/mol. The molecule has 154 valence electrons. The zero-order chi connectivity index (χ0) is 21.8. The molecule has 0 bridgehead atoms. The Hall–Kier alpha value is -2.34. The molecule has 1 heterocycles. The predicted molar refractivity (Wildman–Crippen MR) is 126 cm³/mol. The van der Waals surface area contributed by atoms with Crippen molar-refractivity contribution in [2.75, 3.05) is 13.7 Å². The summed E-state index contributed by atoms with van der Waals surface area (Å²) in [6, 6.07) is 7.05. The van der Waals surface area contributed by atoms with E-state index in [1.54, 1.807) is 18.2 Å². The molecule has 30 heavy (non-hydrogen) atoms. The van der Waals surface area contributed by atoms with Crippen molar-refractivity contribution >= 4 is 60.6 Å². The number of nitrogens with zero attached hydrogens (tertiary/aromatic N) is 3. The van der Waals surface area contributed by atoms with E-state index >= 15 is 0 Å². The van der Waals surface area contributed by atoms with Crippen LogP contribution in [0.15, 0.2) is 43.1 Å². The lowest BCUT2D eigenvalue weighted by molar-refractivity contribution is 0.331. The summed E-state index contributed by atoms with van der Waals surface area (Å²) in [5, 5.41) is 5.13. The SMILES string of the molecule is C#CCOc1c(OC)cc(C=Nn2c(CC)nc3ccc(Br)cc3c2=O)c(Br)c1Cl. The normalized spacial score (nSPS) is 11.1. The highest BCUT2D eigenvalue weighted by molar-refractivity contribution is 9.10. The second kappa shape index (κ2) is 9.65. The fourth-order valence-electron chi connectivity index (χ4n) is 2.76. The molecule has 0 atom stereocenters. The van der Waals surface area contributed by atoms with Crippen molar-refractivity contribution in [3.8, 4) is 23.8 Å². The highest BCUT2D eigenvalue weighted by Gasteiger charge is 2.17. The van der Waals surface area contributed by atoms with Crippen molar-refractivity contribution in [3.63, 3.8) is 0 Å². The fourth-order valence-corrected chi connectivity index (χ4v) is 3.78. The lowest BCUT2D eigenvalue weighted by Gasteiger charge is -2.14. The number of methoxy groups -OCH3 is 1. The summed E-state index contributed by atoms with van der Waals surface area (Å²) in [7, 11) is 1.49. The molecular formula is C21H16Br2ClN3O3. The average Bonchev–Trinajstić information content (AvgIpc) is 2.75. The molecule has 0 saturated carbocycles. The Morgan fingerprint density at radius 3 is 2.80 bits per heavy atom. The number of benzene rings is 2. The summed E-state index contributed by atoms with van der Waals surface area (Å²) in [4.78, 5) is 17.6. The standard InChI is InChI=1S/C21H16Br2ClN3O3/c1-4-8-30-20-16(29-3)9-12(18(23)19(20)24)11-25-27-17(5-2)26-15-7-6-13(22)10-14(15)21(27)28/h1,6-7,9-11H,5,8H2,2-3H3. The molecule has 6 nitrogen and oxygen atoms in total. The van der Waals surface area contributed by atoms with Crippen LogP contribution in [0.1, 0.15) is 18.3 Å². The van der Waals surface area contributed by atoms with Crippen LogP contribution in [-0.4, -0.2) is 29.6 Å². The topological polar surface area (TPSA) is 65.7 Å². The first-order chi connectivity index (χ1) is 14.4.